The van der Waals surface area contributed by atoms with E-state index in [-0.39, 0.29) is 0 Å². The van der Waals surface area contributed by atoms with Crippen molar-refractivity contribution in [3.8, 4) is 17.1 Å². The predicted octanol–water partition coefficient (Wildman–Crippen LogP) is 2.86. The van der Waals surface area contributed by atoms with E-state index in [4.69, 9.17) is 5.73 Å². The quantitative estimate of drug-likeness (QED) is 0.745. The second kappa shape index (κ2) is 5.75. The van der Waals surface area contributed by atoms with Crippen molar-refractivity contribution in [2.24, 2.45) is 0 Å². The highest BCUT2D eigenvalue weighted by atomic mass is 15.5. The summed E-state index contributed by atoms with van der Waals surface area (Å²) in [6, 6.07) is 15.8. The Morgan fingerprint density at radius 3 is 2.76 bits per heavy atom. The summed E-state index contributed by atoms with van der Waals surface area (Å²) < 4.78 is 1.78. The van der Waals surface area contributed by atoms with Gasteiger partial charge in [0.05, 0.1) is 5.69 Å². The Hall–Kier alpha value is -2.69. The molecule has 5 heteroatoms. The van der Waals surface area contributed by atoms with Gasteiger partial charge in [0.15, 0.2) is 5.82 Å². The minimum atomic E-state index is 0.698. The standard InChI is InChI=1S/C16H17N5/c1-2-6-12-7-3-4-10-15(12)21-16(18-19-20-21)13-8-5-9-14(17)11-13/h3-5,7-11H,2,6,17H2,1H3. The van der Waals surface area contributed by atoms with Crippen LogP contribution in [0.4, 0.5) is 5.69 Å². The number of tetrazole rings is 1. The molecule has 0 fully saturated rings. The average Bonchev–Trinajstić information content (AvgIpc) is 2.97. The molecule has 21 heavy (non-hydrogen) atoms. The molecular weight excluding hydrogens is 262 g/mol. The summed E-state index contributed by atoms with van der Waals surface area (Å²) in [6.45, 7) is 2.16. The van der Waals surface area contributed by atoms with E-state index in [1.807, 2.05) is 42.5 Å². The van der Waals surface area contributed by atoms with Crippen LogP contribution in [0.25, 0.3) is 17.1 Å². The van der Waals surface area contributed by atoms with Gasteiger partial charge in [-0.15, -0.1) is 5.10 Å². The number of nitrogen functional groups attached to an aromatic ring is 1. The Balaban J connectivity index is 2.11. The molecule has 0 aliphatic heterocycles. The van der Waals surface area contributed by atoms with Gasteiger partial charge >= 0.3 is 0 Å². The topological polar surface area (TPSA) is 69.6 Å². The van der Waals surface area contributed by atoms with Crippen molar-refractivity contribution >= 4 is 5.69 Å². The van der Waals surface area contributed by atoms with Crippen LogP contribution in [0.5, 0.6) is 0 Å². The number of anilines is 1. The zero-order valence-electron chi connectivity index (χ0n) is 11.9. The van der Waals surface area contributed by atoms with Gasteiger partial charge in [0, 0.05) is 11.3 Å². The van der Waals surface area contributed by atoms with E-state index in [1.165, 1.54) is 5.56 Å². The average molecular weight is 279 g/mol. The first-order chi connectivity index (χ1) is 10.3. The molecule has 1 aromatic heterocycles. The van der Waals surface area contributed by atoms with Crippen molar-refractivity contribution in [2.45, 2.75) is 19.8 Å². The molecule has 3 rings (SSSR count). The van der Waals surface area contributed by atoms with Crippen molar-refractivity contribution in [1.29, 1.82) is 0 Å². The molecule has 3 aromatic rings. The van der Waals surface area contributed by atoms with E-state index in [9.17, 15) is 0 Å². The first-order valence-corrected chi connectivity index (χ1v) is 7.02. The van der Waals surface area contributed by atoms with Gasteiger partial charge in [-0.25, -0.2) is 0 Å². The van der Waals surface area contributed by atoms with E-state index in [2.05, 4.69) is 28.5 Å². The number of para-hydroxylation sites is 1. The minimum absolute atomic E-state index is 0.698. The molecule has 106 valence electrons. The van der Waals surface area contributed by atoms with Gasteiger partial charge in [-0.3, -0.25) is 0 Å². The molecule has 2 aromatic carbocycles. The number of rotatable bonds is 4. The van der Waals surface area contributed by atoms with Gasteiger partial charge in [0.2, 0.25) is 0 Å². The summed E-state index contributed by atoms with van der Waals surface area (Å²) in [5.41, 5.74) is 9.71. The summed E-state index contributed by atoms with van der Waals surface area (Å²) in [5.74, 6) is 0.700. The van der Waals surface area contributed by atoms with E-state index in [0.29, 0.717) is 11.5 Å². The molecule has 0 saturated heterocycles. The summed E-state index contributed by atoms with van der Waals surface area (Å²) in [5, 5.41) is 12.1. The Bertz CT molecular complexity index is 748. The Morgan fingerprint density at radius 1 is 1.10 bits per heavy atom. The number of hydrogen-bond donors (Lipinski definition) is 1. The van der Waals surface area contributed by atoms with Gasteiger partial charge in [-0.1, -0.05) is 43.7 Å². The lowest BCUT2D eigenvalue weighted by atomic mass is 10.1. The van der Waals surface area contributed by atoms with Gasteiger partial charge < -0.3 is 5.73 Å². The monoisotopic (exact) mass is 279 g/mol. The molecule has 0 saturated carbocycles. The number of benzene rings is 2. The fourth-order valence-corrected chi connectivity index (χ4v) is 2.41. The lowest BCUT2D eigenvalue weighted by molar-refractivity contribution is 0.777. The summed E-state index contributed by atoms with van der Waals surface area (Å²) in [4.78, 5) is 0. The molecule has 0 radical (unpaired) electrons. The third-order valence-corrected chi connectivity index (χ3v) is 3.35. The first-order valence-electron chi connectivity index (χ1n) is 7.02. The molecule has 0 amide bonds. The lowest BCUT2D eigenvalue weighted by Gasteiger charge is -2.10. The summed E-state index contributed by atoms with van der Waals surface area (Å²) >= 11 is 0. The summed E-state index contributed by atoms with van der Waals surface area (Å²) in [6.07, 6.45) is 2.07. The van der Waals surface area contributed by atoms with Crippen LogP contribution in [0, 0.1) is 0 Å². The second-order valence-corrected chi connectivity index (χ2v) is 4.92. The van der Waals surface area contributed by atoms with Crippen LogP contribution in [0.2, 0.25) is 0 Å². The summed E-state index contributed by atoms with van der Waals surface area (Å²) in [7, 11) is 0. The Morgan fingerprint density at radius 2 is 1.95 bits per heavy atom. The molecule has 0 aliphatic carbocycles. The predicted molar refractivity (Wildman–Crippen MR) is 83.0 cm³/mol. The van der Waals surface area contributed by atoms with E-state index in [0.717, 1.165) is 24.1 Å². The number of hydrogen-bond acceptors (Lipinski definition) is 4. The molecule has 1 heterocycles. The molecule has 5 nitrogen and oxygen atoms in total. The molecule has 0 bridgehead atoms. The van der Waals surface area contributed by atoms with Gasteiger partial charge in [0.1, 0.15) is 0 Å². The highest BCUT2D eigenvalue weighted by Crippen LogP contribution is 2.23. The fourth-order valence-electron chi connectivity index (χ4n) is 2.41. The highest BCUT2D eigenvalue weighted by molar-refractivity contribution is 5.63. The fraction of sp³-hybridized carbons (Fsp3) is 0.188. The van der Waals surface area contributed by atoms with Crippen molar-refractivity contribution < 1.29 is 0 Å². The lowest BCUT2D eigenvalue weighted by Crippen LogP contribution is -2.04. The maximum Gasteiger partial charge on any atom is 0.187 e. The molecule has 0 atom stereocenters. The van der Waals surface area contributed by atoms with Crippen molar-refractivity contribution in [3.05, 3.63) is 54.1 Å². The second-order valence-electron chi connectivity index (χ2n) is 4.92. The number of aromatic nitrogens is 4. The largest absolute Gasteiger partial charge is 0.399 e. The Labute approximate surface area is 123 Å². The van der Waals surface area contributed by atoms with Gasteiger partial charge in [-0.2, -0.15) is 4.68 Å². The van der Waals surface area contributed by atoms with Crippen molar-refractivity contribution in [3.63, 3.8) is 0 Å². The smallest absolute Gasteiger partial charge is 0.187 e. The maximum absolute atomic E-state index is 5.85. The third kappa shape index (κ3) is 2.63. The normalized spacial score (nSPS) is 10.7. The molecule has 0 aliphatic rings. The van der Waals surface area contributed by atoms with Crippen molar-refractivity contribution in [1.82, 2.24) is 20.2 Å². The first kappa shape index (κ1) is 13.3. The Kier molecular flexibility index (Phi) is 3.64. The number of nitrogens with zero attached hydrogens (tertiary/aromatic N) is 4. The van der Waals surface area contributed by atoms with Crippen LogP contribution in [-0.4, -0.2) is 20.2 Å². The zero-order valence-corrected chi connectivity index (χ0v) is 11.9. The zero-order chi connectivity index (χ0) is 14.7. The molecule has 0 unspecified atom stereocenters. The molecule has 0 spiro atoms. The van der Waals surface area contributed by atoms with Crippen LogP contribution < -0.4 is 5.73 Å². The maximum atomic E-state index is 5.85. The van der Waals surface area contributed by atoms with E-state index in [1.54, 1.807) is 4.68 Å². The van der Waals surface area contributed by atoms with Gasteiger partial charge in [-0.05, 0) is 40.6 Å². The SMILES string of the molecule is CCCc1ccccc1-n1nnnc1-c1cccc(N)c1. The van der Waals surface area contributed by atoms with Crippen LogP contribution in [0.3, 0.4) is 0 Å². The van der Waals surface area contributed by atoms with Gasteiger partial charge in [0.25, 0.3) is 0 Å². The van der Waals surface area contributed by atoms with Crippen LogP contribution >= 0.6 is 0 Å². The third-order valence-electron chi connectivity index (χ3n) is 3.35. The molecule has 2 N–H and O–H groups in total. The van der Waals surface area contributed by atoms with Crippen molar-refractivity contribution in [2.75, 3.05) is 5.73 Å². The van der Waals surface area contributed by atoms with E-state index < -0.39 is 0 Å². The number of aryl methyl sites for hydroxylation is 1. The van der Waals surface area contributed by atoms with Crippen LogP contribution in [-0.2, 0) is 6.42 Å². The molecular formula is C16H17N5. The minimum Gasteiger partial charge on any atom is -0.399 e. The van der Waals surface area contributed by atoms with Crippen LogP contribution in [0.1, 0.15) is 18.9 Å². The highest BCUT2D eigenvalue weighted by Gasteiger charge is 2.13. The number of nitrogens with two attached hydrogens (primary N) is 1. The van der Waals surface area contributed by atoms with Crippen LogP contribution in [0.15, 0.2) is 48.5 Å². The van der Waals surface area contributed by atoms with E-state index >= 15 is 0 Å².